The molecule has 1 aromatic carbocycles. The second kappa shape index (κ2) is 8.53. The van der Waals surface area contributed by atoms with Crippen LogP contribution < -0.4 is 4.74 Å². The largest absolute Gasteiger partial charge is 0.497 e. The van der Waals surface area contributed by atoms with E-state index in [4.69, 9.17) is 14.2 Å². The number of benzene rings is 1. The number of methoxy groups -OCH3 is 1. The van der Waals surface area contributed by atoms with E-state index in [1.807, 2.05) is 18.2 Å². The third-order valence-corrected chi connectivity index (χ3v) is 4.27. The van der Waals surface area contributed by atoms with Gasteiger partial charge in [0.25, 0.3) is 0 Å². The van der Waals surface area contributed by atoms with Crippen molar-refractivity contribution in [2.45, 2.75) is 51.2 Å². The van der Waals surface area contributed by atoms with Gasteiger partial charge in [0.2, 0.25) is 0 Å². The quantitative estimate of drug-likeness (QED) is 0.737. The molecule has 0 radical (unpaired) electrons. The lowest BCUT2D eigenvalue weighted by Gasteiger charge is -2.23. The number of aryl methyl sites for hydroxylation is 1. The van der Waals surface area contributed by atoms with Crippen molar-refractivity contribution < 1.29 is 19.0 Å². The van der Waals surface area contributed by atoms with Crippen LogP contribution in [-0.2, 0) is 20.7 Å². The second-order valence-corrected chi connectivity index (χ2v) is 6.41. The molecule has 2 aliphatic heterocycles. The Hall–Kier alpha value is -1.07. The summed E-state index contributed by atoms with van der Waals surface area (Å²) >= 11 is 3.40. The molecule has 22 heavy (non-hydrogen) atoms. The molecule has 4 rings (SSSR count). The van der Waals surface area contributed by atoms with Crippen molar-refractivity contribution in [2.24, 2.45) is 0 Å². The fourth-order valence-electron chi connectivity index (χ4n) is 2.66. The molecule has 122 valence electrons. The van der Waals surface area contributed by atoms with Gasteiger partial charge in [-0.2, -0.15) is 0 Å². The monoisotopic (exact) mass is 370 g/mol. The van der Waals surface area contributed by atoms with Crippen LogP contribution in [0.5, 0.6) is 5.75 Å². The molecule has 0 aromatic heterocycles. The lowest BCUT2D eigenvalue weighted by molar-refractivity contribution is -0.143. The number of halogens is 1. The van der Waals surface area contributed by atoms with Crippen LogP contribution in [0.25, 0.3) is 0 Å². The van der Waals surface area contributed by atoms with E-state index in [-0.39, 0.29) is 5.97 Å². The lowest BCUT2D eigenvalue weighted by Crippen LogP contribution is -2.25. The van der Waals surface area contributed by atoms with E-state index in [1.54, 1.807) is 14.0 Å². The summed E-state index contributed by atoms with van der Waals surface area (Å²) in [7, 11) is 1.62. The molecule has 1 aromatic rings. The summed E-state index contributed by atoms with van der Waals surface area (Å²) in [6, 6.07) is 5.78. The van der Waals surface area contributed by atoms with Crippen molar-refractivity contribution in [1.29, 1.82) is 0 Å². The van der Waals surface area contributed by atoms with Gasteiger partial charge in [0, 0.05) is 10.9 Å². The Bertz CT molecular complexity index is 484. The minimum Gasteiger partial charge on any atom is -0.497 e. The number of hydrogen-bond acceptors (Lipinski definition) is 4. The Morgan fingerprint density at radius 3 is 2.50 bits per heavy atom. The number of rotatable bonds is 5. The molecule has 0 N–H and O–H groups in total. The van der Waals surface area contributed by atoms with E-state index in [0.29, 0.717) is 31.7 Å². The molecule has 1 aliphatic carbocycles. The van der Waals surface area contributed by atoms with Crippen LogP contribution in [0.15, 0.2) is 22.7 Å². The number of hydrogen-bond donors (Lipinski definition) is 0. The van der Waals surface area contributed by atoms with Crippen LogP contribution in [0, 0.1) is 0 Å². The molecule has 2 saturated heterocycles. The number of carbonyl (C=O) groups excluding carboxylic acids is 1. The normalized spacial score (nSPS) is 21.4. The van der Waals surface area contributed by atoms with Crippen molar-refractivity contribution in [2.75, 3.05) is 13.7 Å². The summed E-state index contributed by atoms with van der Waals surface area (Å²) in [5, 5.41) is 0. The molecule has 2 heterocycles. The Balaban J connectivity index is 0.000000238. The zero-order chi connectivity index (χ0) is 15.9. The highest BCUT2D eigenvalue weighted by atomic mass is 79.9. The van der Waals surface area contributed by atoms with E-state index < -0.39 is 0 Å². The van der Waals surface area contributed by atoms with Gasteiger partial charge in [-0.25, -0.2) is 0 Å². The van der Waals surface area contributed by atoms with Gasteiger partial charge in [0.15, 0.2) is 0 Å². The van der Waals surface area contributed by atoms with Gasteiger partial charge < -0.3 is 14.2 Å². The highest BCUT2D eigenvalue weighted by Crippen LogP contribution is 2.36. The first-order valence-corrected chi connectivity index (χ1v) is 8.54. The molecule has 1 saturated carbocycles. The third kappa shape index (κ3) is 5.29. The molecule has 3 aliphatic rings. The van der Waals surface area contributed by atoms with E-state index in [0.717, 1.165) is 15.8 Å². The van der Waals surface area contributed by atoms with Gasteiger partial charge in [-0.05, 0) is 56.4 Å². The number of esters is 1. The van der Waals surface area contributed by atoms with Crippen molar-refractivity contribution in [3.63, 3.8) is 0 Å². The zero-order valence-electron chi connectivity index (χ0n) is 13.1. The topological polar surface area (TPSA) is 44.8 Å². The molecule has 2 atom stereocenters. The molecule has 2 bridgehead atoms. The number of ether oxygens (including phenoxy) is 3. The van der Waals surface area contributed by atoms with Crippen molar-refractivity contribution in [1.82, 2.24) is 0 Å². The number of fused-ring (bicyclic) bond motifs is 1. The second-order valence-electron chi connectivity index (χ2n) is 5.50. The van der Waals surface area contributed by atoms with E-state index in [1.165, 1.54) is 19.3 Å². The summed E-state index contributed by atoms with van der Waals surface area (Å²) in [6.45, 7) is 2.24. The van der Waals surface area contributed by atoms with Crippen LogP contribution in [0.1, 0.15) is 38.2 Å². The molecule has 4 nitrogen and oxygen atoms in total. The van der Waals surface area contributed by atoms with Crippen LogP contribution in [0.2, 0.25) is 0 Å². The highest BCUT2D eigenvalue weighted by Gasteiger charge is 2.36. The zero-order valence-corrected chi connectivity index (χ0v) is 14.7. The molecular weight excluding hydrogens is 348 g/mol. The maximum Gasteiger partial charge on any atom is 0.306 e. The van der Waals surface area contributed by atoms with Crippen LogP contribution in [-0.4, -0.2) is 31.9 Å². The smallest absolute Gasteiger partial charge is 0.306 e. The van der Waals surface area contributed by atoms with Gasteiger partial charge in [-0.3, -0.25) is 4.79 Å². The van der Waals surface area contributed by atoms with Crippen molar-refractivity contribution in [3.05, 3.63) is 28.2 Å². The van der Waals surface area contributed by atoms with Gasteiger partial charge in [-0.1, -0.05) is 15.9 Å². The molecule has 5 heteroatoms. The van der Waals surface area contributed by atoms with Crippen molar-refractivity contribution >= 4 is 21.9 Å². The molecule has 0 spiro atoms. The van der Waals surface area contributed by atoms with E-state index in [9.17, 15) is 4.79 Å². The number of carbonyl (C=O) groups is 1. The Kier molecular flexibility index (Phi) is 6.70. The minimum atomic E-state index is -0.165. The summed E-state index contributed by atoms with van der Waals surface area (Å²) in [6.07, 6.45) is 6.47. The first kappa shape index (κ1) is 17.3. The average molecular weight is 371 g/mol. The maximum atomic E-state index is 11.2. The predicted octanol–water partition coefficient (Wildman–Crippen LogP) is 3.89. The third-order valence-electron chi connectivity index (χ3n) is 3.81. The Morgan fingerprint density at radius 2 is 2.00 bits per heavy atom. The summed E-state index contributed by atoms with van der Waals surface area (Å²) in [5.74, 6) is 0.620. The van der Waals surface area contributed by atoms with Crippen LogP contribution in [0.4, 0.5) is 0 Å². The van der Waals surface area contributed by atoms with Gasteiger partial charge >= 0.3 is 5.97 Å². The molecule has 0 amide bonds. The van der Waals surface area contributed by atoms with Gasteiger partial charge in [0.05, 0.1) is 25.9 Å². The van der Waals surface area contributed by atoms with Crippen LogP contribution >= 0.6 is 15.9 Å². The van der Waals surface area contributed by atoms with Crippen molar-refractivity contribution in [3.8, 4) is 5.75 Å². The fourth-order valence-corrected chi connectivity index (χ4v) is 3.18. The molecule has 2 unspecified atom stereocenters. The summed E-state index contributed by atoms with van der Waals surface area (Å²) in [5.41, 5.74) is 1.05. The average Bonchev–Trinajstić information content (AvgIpc) is 3.10. The van der Waals surface area contributed by atoms with Gasteiger partial charge in [-0.15, -0.1) is 0 Å². The minimum absolute atomic E-state index is 0.165. The summed E-state index contributed by atoms with van der Waals surface area (Å²) < 4.78 is 16.2. The first-order chi connectivity index (χ1) is 10.6. The highest BCUT2D eigenvalue weighted by molar-refractivity contribution is 9.10. The maximum absolute atomic E-state index is 11.2. The first-order valence-electron chi connectivity index (χ1n) is 7.75. The fraction of sp³-hybridized carbons (Fsp3) is 0.588. The lowest BCUT2D eigenvalue weighted by atomic mass is 10.1. The molecular formula is C17H23BrO4. The van der Waals surface area contributed by atoms with Gasteiger partial charge in [0.1, 0.15) is 5.75 Å². The SMILES string of the molecule is C1CC2CC1O2.CCOC(=O)CCc1cc(Br)cc(OC)c1. The van der Waals surface area contributed by atoms with Crippen LogP contribution in [0.3, 0.4) is 0 Å². The molecule has 3 fully saturated rings. The summed E-state index contributed by atoms with van der Waals surface area (Å²) in [4.78, 5) is 11.2. The standard InChI is InChI=1S/C12H15BrO3.C5H8O/c1-3-16-12(14)5-4-9-6-10(13)8-11(7-9)15-2;1-2-5-3-4(1)6-5/h6-8H,3-5H2,1-2H3;4-5H,1-3H2. The predicted molar refractivity (Wildman–Crippen MR) is 88.2 cm³/mol. The Morgan fingerprint density at radius 1 is 1.32 bits per heavy atom. The Labute approximate surface area is 140 Å². The van der Waals surface area contributed by atoms with E-state index in [2.05, 4.69) is 15.9 Å². The van der Waals surface area contributed by atoms with E-state index >= 15 is 0 Å².